The maximum atomic E-state index is 13.1. The molecule has 1 aliphatic heterocycles. The van der Waals surface area contributed by atoms with E-state index in [1.807, 2.05) is 6.92 Å². The van der Waals surface area contributed by atoms with Crippen molar-refractivity contribution < 1.29 is 22.3 Å². The number of hydrogen-bond acceptors (Lipinski definition) is 4. The third-order valence-electron chi connectivity index (χ3n) is 3.16. The van der Waals surface area contributed by atoms with E-state index in [1.165, 1.54) is 4.90 Å². The first-order chi connectivity index (χ1) is 9.79. The van der Waals surface area contributed by atoms with Crippen LogP contribution in [0.2, 0.25) is 5.02 Å². The molecule has 1 aromatic rings. The number of hydrogen-bond donors (Lipinski definition) is 0. The topological polar surface area (TPSA) is 63.7 Å². The summed E-state index contributed by atoms with van der Waals surface area (Å²) in [5.74, 6) is -1.86. The molecule has 2 rings (SSSR count). The molecule has 0 aliphatic carbocycles. The highest BCUT2D eigenvalue weighted by atomic mass is 35.5. The summed E-state index contributed by atoms with van der Waals surface area (Å²) in [5, 5.41) is -0.288. The summed E-state index contributed by atoms with van der Waals surface area (Å²) in [6.45, 7) is 2.92. The van der Waals surface area contributed by atoms with Gasteiger partial charge in [0.2, 0.25) is 5.91 Å². The van der Waals surface area contributed by atoms with E-state index in [0.29, 0.717) is 19.7 Å². The first kappa shape index (κ1) is 16.2. The Balaban J connectivity index is 2.13. The summed E-state index contributed by atoms with van der Waals surface area (Å²) in [4.78, 5) is 13.4. The molecule has 1 atom stereocenters. The van der Waals surface area contributed by atoms with Crippen molar-refractivity contribution in [2.75, 3.05) is 25.4 Å². The van der Waals surface area contributed by atoms with Gasteiger partial charge in [-0.2, -0.15) is 0 Å². The zero-order valence-electron chi connectivity index (χ0n) is 11.4. The largest absolute Gasteiger partial charge is 0.375 e. The lowest BCUT2D eigenvalue weighted by Gasteiger charge is -2.31. The number of carbonyl (C=O) groups is 1. The maximum absolute atomic E-state index is 13.1. The second kappa shape index (κ2) is 6.29. The summed E-state index contributed by atoms with van der Waals surface area (Å²) in [6, 6.07) is 3.09. The predicted molar refractivity (Wildman–Crippen MR) is 75.5 cm³/mol. The normalized spacial score (nSPS) is 19.6. The van der Waals surface area contributed by atoms with E-state index in [-0.39, 0.29) is 16.0 Å². The van der Waals surface area contributed by atoms with Crippen LogP contribution in [0, 0.1) is 5.82 Å². The van der Waals surface area contributed by atoms with E-state index in [0.717, 1.165) is 18.2 Å². The molecule has 0 saturated carbocycles. The van der Waals surface area contributed by atoms with Gasteiger partial charge in [-0.3, -0.25) is 4.79 Å². The number of nitrogens with zero attached hydrogens (tertiary/aromatic N) is 1. The van der Waals surface area contributed by atoms with Gasteiger partial charge in [0.15, 0.2) is 9.84 Å². The van der Waals surface area contributed by atoms with Crippen LogP contribution in [0.3, 0.4) is 0 Å². The Morgan fingerprint density at radius 3 is 2.86 bits per heavy atom. The second-order valence-electron chi connectivity index (χ2n) is 4.86. The van der Waals surface area contributed by atoms with Gasteiger partial charge in [-0.25, -0.2) is 12.8 Å². The highest BCUT2D eigenvalue weighted by Gasteiger charge is 2.27. The summed E-state index contributed by atoms with van der Waals surface area (Å²) in [7, 11) is -3.85. The van der Waals surface area contributed by atoms with Crippen LogP contribution < -0.4 is 0 Å². The number of sulfone groups is 1. The quantitative estimate of drug-likeness (QED) is 0.785. The number of morpholine rings is 1. The van der Waals surface area contributed by atoms with E-state index in [1.54, 1.807) is 0 Å². The summed E-state index contributed by atoms with van der Waals surface area (Å²) < 4.78 is 42.7. The monoisotopic (exact) mass is 335 g/mol. The van der Waals surface area contributed by atoms with Gasteiger partial charge in [-0.05, 0) is 25.1 Å². The molecular formula is C13H15ClFNO4S. The van der Waals surface area contributed by atoms with Gasteiger partial charge in [0, 0.05) is 13.1 Å². The van der Waals surface area contributed by atoms with Crippen molar-refractivity contribution in [3.8, 4) is 0 Å². The predicted octanol–water partition coefficient (Wildman–Crippen LogP) is 1.50. The zero-order valence-corrected chi connectivity index (χ0v) is 13.0. The average molecular weight is 336 g/mol. The van der Waals surface area contributed by atoms with Crippen molar-refractivity contribution in [2.45, 2.75) is 17.9 Å². The van der Waals surface area contributed by atoms with Crippen molar-refractivity contribution in [3.63, 3.8) is 0 Å². The molecule has 1 heterocycles. The summed E-state index contributed by atoms with van der Waals surface area (Å²) in [6.07, 6.45) is -0.120. The number of ether oxygens (including phenoxy) is 1. The van der Waals surface area contributed by atoms with Gasteiger partial charge < -0.3 is 9.64 Å². The number of halogens is 2. The van der Waals surface area contributed by atoms with E-state index in [4.69, 9.17) is 16.3 Å². The van der Waals surface area contributed by atoms with Crippen LogP contribution in [0.5, 0.6) is 0 Å². The average Bonchev–Trinajstić information content (AvgIpc) is 2.41. The molecule has 0 spiro atoms. The van der Waals surface area contributed by atoms with Crippen LogP contribution in [0.4, 0.5) is 4.39 Å². The molecule has 0 aromatic heterocycles. The van der Waals surface area contributed by atoms with E-state index >= 15 is 0 Å². The van der Waals surface area contributed by atoms with E-state index in [9.17, 15) is 17.6 Å². The number of benzene rings is 1. The molecule has 1 saturated heterocycles. The number of carbonyl (C=O) groups excluding carboxylic acids is 1. The highest BCUT2D eigenvalue weighted by Crippen LogP contribution is 2.20. The third kappa shape index (κ3) is 3.93. The van der Waals surface area contributed by atoms with Crippen molar-refractivity contribution in [2.24, 2.45) is 0 Å². The van der Waals surface area contributed by atoms with Crippen molar-refractivity contribution >= 4 is 27.3 Å². The van der Waals surface area contributed by atoms with Gasteiger partial charge in [0.25, 0.3) is 0 Å². The Morgan fingerprint density at radius 2 is 2.24 bits per heavy atom. The molecule has 0 N–H and O–H groups in total. The van der Waals surface area contributed by atoms with Gasteiger partial charge in [0.1, 0.15) is 11.6 Å². The lowest BCUT2D eigenvalue weighted by atomic mass is 10.3. The first-order valence-electron chi connectivity index (χ1n) is 6.37. The molecule has 1 amide bonds. The van der Waals surface area contributed by atoms with Crippen molar-refractivity contribution in [3.05, 3.63) is 29.0 Å². The fraction of sp³-hybridized carbons (Fsp3) is 0.462. The standard InChI is InChI=1S/C13H15ClFNO4S/c1-9-7-16(4-5-20-9)13(17)8-21(18,19)10-2-3-12(15)11(14)6-10/h2-3,6,9H,4-5,7-8H2,1H3. The SMILES string of the molecule is CC1CN(C(=O)CS(=O)(=O)c2ccc(F)c(Cl)c2)CCO1. The minimum absolute atomic E-state index is 0.120. The molecule has 8 heteroatoms. The van der Waals surface area contributed by atoms with E-state index < -0.39 is 27.3 Å². The molecule has 0 bridgehead atoms. The minimum atomic E-state index is -3.85. The number of amides is 1. The Kier molecular flexibility index (Phi) is 4.85. The highest BCUT2D eigenvalue weighted by molar-refractivity contribution is 7.92. The molecule has 1 fully saturated rings. The van der Waals surface area contributed by atoms with Gasteiger partial charge in [-0.1, -0.05) is 11.6 Å². The second-order valence-corrected chi connectivity index (χ2v) is 7.25. The molecule has 1 unspecified atom stereocenters. The summed E-state index contributed by atoms with van der Waals surface area (Å²) in [5.41, 5.74) is 0. The molecule has 0 radical (unpaired) electrons. The lowest BCUT2D eigenvalue weighted by Crippen LogP contribution is -2.46. The molecule has 116 valence electrons. The van der Waals surface area contributed by atoms with Crippen LogP contribution in [0.1, 0.15) is 6.92 Å². The van der Waals surface area contributed by atoms with Crippen LogP contribution in [-0.4, -0.2) is 50.8 Å². The Hall–Kier alpha value is -1.18. The molecule has 5 nitrogen and oxygen atoms in total. The molecule has 1 aromatic carbocycles. The third-order valence-corrected chi connectivity index (χ3v) is 5.05. The molecular weight excluding hydrogens is 321 g/mol. The Bertz CT molecular complexity index is 650. The van der Waals surface area contributed by atoms with E-state index in [2.05, 4.69) is 0 Å². The minimum Gasteiger partial charge on any atom is -0.375 e. The molecule has 1 aliphatic rings. The molecule has 21 heavy (non-hydrogen) atoms. The van der Waals surface area contributed by atoms with Crippen molar-refractivity contribution in [1.82, 2.24) is 4.90 Å². The Morgan fingerprint density at radius 1 is 1.52 bits per heavy atom. The first-order valence-corrected chi connectivity index (χ1v) is 8.40. The summed E-state index contributed by atoms with van der Waals surface area (Å²) >= 11 is 5.57. The van der Waals surface area contributed by atoms with Crippen LogP contribution in [0.25, 0.3) is 0 Å². The lowest BCUT2D eigenvalue weighted by molar-refractivity contribution is -0.135. The van der Waals surface area contributed by atoms with Gasteiger partial charge in [-0.15, -0.1) is 0 Å². The van der Waals surface area contributed by atoms with Gasteiger partial charge in [0.05, 0.1) is 22.6 Å². The zero-order chi connectivity index (χ0) is 15.6. The fourth-order valence-electron chi connectivity index (χ4n) is 2.05. The smallest absolute Gasteiger partial charge is 0.238 e. The van der Waals surface area contributed by atoms with Gasteiger partial charge >= 0.3 is 0 Å². The maximum Gasteiger partial charge on any atom is 0.238 e. The Labute approximate surface area is 127 Å². The fourth-order valence-corrected chi connectivity index (χ4v) is 3.54. The van der Waals surface area contributed by atoms with Crippen LogP contribution in [0.15, 0.2) is 23.1 Å². The van der Waals surface area contributed by atoms with Crippen LogP contribution >= 0.6 is 11.6 Å². The van der Waals surface area contributed by atoms with Crippen molar-refractivity contribution in [1.29, 1.82) is 0 Å². The number of rotatable bonds is 3. The van der Waals surface area contributed by atoms with Crippen LogP contribution in [-0.2, 0) is 19.4 Å².